The van der Waals surface area contributed by atoms with Crippen LogP contribution in [0.4, 0.5) is 15.8 Å². The Morgan fingerprint density at radius 3 is 2.46 bits per heavy atom. The van der Waals surface area contributed by atoms with Crippen LogP contribution >= 0.6 is 11.6 Å². The van der Waals surface area contributed by atoms with Crippen molar-refractivity contribution in [1.29, 1.82) is 0 Å². The van der Waals surface area contributed by atoms with Crippen molar-refractivity contribution in [3.63, 3.8) is 0 Å². The molecule has 6 nitrogen and oxygen atoms in total. The van der Waals surface area contributed by atoms with Crippen molar-refractivity contribution in [3.05, 3.63) is 53.3 Å². The first-order valence-electron chi connectivity index (χ1n) is 7.74. The number of halogens is 2. The molecule has 0 aromatic heterocycles. The summed E-state index contributed by atoms with van der Waals surface area (Å²) in [7, 11) is 3.15. The lowest BCUT2D eigenvalue weighted by molar-refractivity contribution is -0.119. The third-order valence-corrected chi connectivity index (χ3v) is 3.62. The molecule has 0 aliphatic rings. The molecule has 0 bridgehead atoms. The van der Waals surface area contributed by atoms with Crippen molar-refractivity contribution in [1.82, 2.24) is 4.90 Å². The topological polar surface area (TPSA) is 70.7 Å². The summed E-state index contributed by atoms with van der Waals surface area (Å²) >= 11 is 5.67. The standard InChI is InChI=1S/C18H19ClFN3O3/c1-23(10-17(24)21-13-4-3-5-14(9-13)26-2)11-18(25)22-16-7-6-12(19)8-15(16)20/h3-9H,10-11H2,1-2H3,(H,21,24)(H,22,25). The molecule has 0 unspecified atom stereocenters. The van der Waals surface area contributed by atoms with Gasteiger partial charge in [0.05, 0.1) is 25.9 Å². The van der Waals surface area contributed by atoms with Gasteiger partial charge < -0.3 is 15.4 Å². The van der Waals surface area contributed by atoms with Crippen molar-refractivity contribution >= 4 is 34.8 Å². The van der Waals surface area contributed by atoms with Gasteiger partial charge in [0.1, 0.15) is 11.6 Å². The Balaban J connectivity index is 1.84. The van der Waals surface area contributed by atoms with Gasteiger partial charge in [-0.05, 0) is 37.4 Å². The van der Waals surface area contributed by atoms with Crippen LogP contribution in [0, 0.1) is 5.82 Å². The Hall–Kier alpha value is -2.64. The van der Waals surface area contributed by atoms with E-state index in [2.05, 4.69) is 10.6 Å². The highest BCUT2D eigenvalue weighted by Gasteiger charge is 2.13. The van der Waals surface area contributed by atoms with Crippen LogP contribution in [-0.2, 0) is 9.59 Å². The number of hydrogen-bond acceptors (Lipinski definition) is 4. The lowest BCUT2D eigenvalue weighted by atomic mass is 10.3. The van der Waals surface area contributed by atoms with Gasteiger partial charge in [-0.1, -0.05) is 17.7 Å². The highest BCUT2D eigenvalue weighted by molar-refractivity contribution is 6.30. The Labute approximate surface area is 155 Å². The number of methoxy groups -OCH3 is 1. The zero-order chi connectivity index (χ0) is 19.1. The van der Waals surface area contributed by atoms with Gasteiger partial charge in [0, 0.05) is 16.8 Å². The van der Waals surface area contributed by atoms with Crippen LogP contribution < -0.4 is 15.4 Å². The molecule has 0 atom stereocenters. The van der Waals surface area contributed by atoms with E-state index in [1.54, 1.807) is 31.3 Å². The van der Waals surface area contributed by atoms with Crippen LogP contribution in [0.2, 0.25) is 5.02 Å². The van der Waals surface area contributed by atoms with Crippen molar-refractivity contribution in [3.8, 4) is 5.75 Å². The maximum absolute atomic E-state index is 13.7. The quantitative estimate of drug-likeness (QED) is 0.775. The number of ether oxygens (including phenoxy) is 1. The van der Waals surface area contributed by atoms with E-state index in [4.69, 9.17) is 16.3 Å². The van der Waals surface area contributed by atoms with E-state index in [1.165, 1.54) is 24.1 Å². The number of likely N-dealkylation sites (N-methyl/N-ethyl adjacent to an activating group) is 1. The van der Waals surface area contributed by atoms with Gasteiger partial charge in [0.15, 0.2) is 0 Å². The average Bonchev–Trinajstić information content (AvgIpc) is 2.57. The van der Waals surface area contributed by atoms with Crippen molar-refractivity contribution in [2.45, 2.75) is 0 Å². The molecule has 2 aromatic rings. The first-order valence-corrected chi connectivity index (χ1v) is 8.12. The summed E-state index contributed by atoms with van der Waals surface area (Å²) < 4.78 is 18.8. The molecule has 0 aliphatic carbocycles. The summed E-state index contributed by atoms with van der Waals surface area (Å²) in [5.41, 5.74) is 0.629. The largest absolute Gasteiger partial charge is 0.497 e. The summed E-state index contributed by atoms with van der Waals surface area (Å²) in [5.74, 6) is -0.723. The fourth-order valence-electron chi connectivity index (χ4n) is 2.23. The monoisotopic (exact) mass is 379 g/mol. The van der Waals surface area contributed by atoms with Crippen LogP contribution in [0.1, 0.15) is 0 Å². The molecule has 2 amide bonds. The highest BCUT2D eigenvalue weighted by atomic mass is 35.5. The van der Waals surface area contributed by atoms with Gasteiger partial charge in [0.2, 0.25) is 11.8 Å². The second-order valence-electron chi connectivity index (χ2n) is 5.62. The van der Waals surface area contributed by atoms with Gasteiger partial charge in [-0.3, -0.25) is 14.5 Å². The summed E-state index contributed by atoms with van der Waals surface area (Å²) in [6.07, 6.45) is 0. The third kappa shape index (κ3) is 6.02. The first-order chi connectivity index (χ1) is 12.4. The SMILES string of the molecule is COc1cccc(NC(=O)CN(C)CC(=O)Nc2ccc(Cl)cc2F)c1. The summed E-state index contributed by atoms with van der Waals surface area (Å²) in [5, 5.41) is 5.41. The third-order valence-electron chi connectivity index (χ3n) is 3.39. The van der Waals surface area contributed by atoms with Gasteiger partial charge in [-0.25, -0.2) is 4.39 Å². The number of carbonyl (C=O) groups excluding carboxylic acids is 2. The Morgan fingerprint density at radius 1 is 1.12 bits per heavy atom. The van der Waals surface area contributed by atoms with Crippen molar-refractivity contribution < 1.29 is 18.7 Å². The van der Waals surface area contributed by atoms with Crippen LogP contribution in [0.25, 0.3) is 0 Å². The van der Waals surface area contributed by atoms with Crippen molar-refractivity contribution in [2.75, 3.05) is 37.9 Å². The fourth-order valence-corrected chi connectivity index (χ4v) is 2.39. The molecule has 0 saturated heterocycles. The summed E-state index contributed by atoms with van der Waals surface area (Å²) in [6.45, 7) is -0.0820. The minimum absolute atomic E-state index is 0.00622. The van der Waals surface area contributed by atoms with E-state index >= 15 is 0 Å². The van der Waals surface area contributed by atoms with E-state index in [9.17, 15) is 14.0 Å². The van der Waals surface area contributed by atoms with Crippen LogP contribution in [0.3, 0.4) is 0 Å². The van der Waals surface area contributed by atoms with Gasteiger partial charge in [-0.15, -0.1) is 0 Å². The first kappa shape index (κ1) is 19.7. The van der Waals surface area contributed by atoms with Crippen LogP contribution in [0.15, 0.2) is 42.5 Å². The second-order valence-corrected chi connectivity index (χ2v) is 6.06. The molecule has 0 saturated carbocycles. The number of rotatable bonds is 7. The normalized spacial score (nSPS) is 10.5. The summed E-state index contributed by atoms with van der Waals surface area (Å²) in [6, 6.07) is 10.9. The molecular weight excluding hydrogens is 361 g/mol. The molecule has 0 spiro atoms. The number of nitrogens with one attached hydrogen (secondary N) is 2. The number of anilines is 2. The molecule has 0 aliphatic heterocycles. The lowest BCUT2D eigenvalue weighted by Gasteiger charge is -2.16. The van der Waals surface area contributed by atoms with Gasteiger partial charge >= 0.3 is 0 Å². The second kappa shape index (κ2) is 9.17. The Kier molecular flexibility index (Phi) is 6.94. The fraction of sp³-hybridized carbons (Fsp3) is 0.222. The number of amides is 2. The highest BCUT2D eigenvalue weighted by Crippen LogP contribution is 2.19. The number of hydrogen-bond donors (Lipinski definition) is 2. The molecule has 2 aromatic carbocycles. The maximum atomic E-state index is 13.7. The molecule has 8 heteroatoms. The van der Waals surface area contributed by atoms with Gasteiger partial charge in [-0.2, -0.15) is 0 Å². The number of carbonyl (C=O) groups is 2. The molecular formula is C18H19ClFN3O3. The molecule has 0 fully saturated rings. The van der Waals surface area contributed by atoms with Crippen LogP contribution in [0.5, 0.6) is 5.75 Å². The molecule has 26 heavy (non-hydrogen) atoms. The summed E-state index contributed by atoms with van der Waals surface area (Å²) in [4.78, 5) is 25.5. The molecule has 0 radical (unpaired) electrons. The predicted molar refractivity (Wildman–Crippen MR) is 99.2 cm³/mol. The van der Waals surface area contributed by atoms with Crippen molar-refractivity contribution in [2.24, 2.45) is 0 Å². The molecule has 2 N–H and O–H groups in total. The molecule has 2 rings (SSSR count). The van der Waals surface area contributed by atoms with E-state index in [-0.39, 0.29) is 29.7 Å². The Bertz CT molecular complexity index is 801. The molecule has 138 valence electrons. The van der Waals surface area contributed by atoms with Crippen LogP contribution in [-0.4, -0.2) is 44.0 Å². The minimum atomic E-state index is -0.621. The Morgan fingerprint density at radius 2 is 1.81 bits per heavy atom. The smallest absolute Gasteiger partial charge is 0.238 e. The lowest BCUT2D eigenvalue weighted by Crippen LogP contribution is -2.36. The number of nitrogens with zero attached hydrogens (tertiary/aromatic N) is 1. The van der Waals surface area contributed by atoms with Gasteiger partial charge in [0.25, 0.3) is 0 Å². The number of benzene rings is 2. The minimum Gasteiger partial charge on any atom is -0.497 e. The predicted octanol–water partition coefficient (Wildman–Crippen LogP) is 3.00. The van der Waals surface area contributed by atoms with E-state index in [1.807, 2.05) is 0 Å². The van der Waals surface area contributed by atoms with E-state index in [0.717, 1.165) is 6.07 Å². The maximum Gasteiger partial charge on any atom is 0.238 e. The van der Waals surface area contributed by atoms with E-state index < -0.39 is 11.7 Å². The van der Waals surface area contributed by atoms with E-state index in [0.29, 0.717) is 11.4 Å². The average molecular weight is 380 g/mol. The zero-order valence-electron chi connectivity index (χ0n) is 14.4. The zero-order valence-corrected chi connectivity index (χ0v) is 15.1. The molecule has 0 heterocycles.